The van der Waals surface area contributed by atoms with E-state index in [1.807, 2.05) is 13.8 Å². The van der Waals surface area contributed by atoms with Crippen LogP contribution in [0.2, 0.25) is 0 Å². The minimum atomic E-state index is -4.45. The van der Waals surface area contributed by atoms with Crippen LogP contribution in [0.1, 0.15) is 26.3 Å². The van der Waals surface area contributed by atoms with Crippen molar-refractivity contribution in [2.45, 2.75) is 26.9 Å². The fourth-order valence-electron chi connectivity index (χ4n) is 1.03. The molecule has 0 bridgehead atoms. The van der Waals surface area contributed by atoms with Crippen LogP contribution in [0.5, 0.6) is 0 Å². The van der Waals surface area contributed by atoms with Crippen molar-refractivity contribution < 1.29 is 18.0 Å². The summed E-state index contributed by atoms with van der Waals surface area (Å²) in [5.41, 5.74) is -1.05. The molecule has 1 N–H and O–H groups in total. The van der Waals surface area contributed by atoms with Crippen molar-refractivity contribution in [1.82, 2.24) is 0 Å². The first kappa shape index (κ1) is 14.5. The number of alkyl halides is 3. The molecule has 0 aliphatic heterocycles. The van der Waals surface area contributed by atoms with Gasteiger partial charge in [-0.3, -0.25) is 4.79 Å². The Bertz CT molecular complexity index is 347. The van der Waals surface area contributed by atoms with E-state index in [0.717, 1.165) is 13.0 Å². The highest BCUT2D eigenvalue weighted by Crippen LogP contribution is 2.34. The van der Waals surface area contributed by atoms with E-state index >= 15 is 0 Å². The minimum Gasteiger partial charge on any atom is -0.326 e. The Morgan fingerprint density at radius 3 is 2.12 bits per heavy atom. The summed E-state index contributed by atoms with van der Waals surface area (Å²) in [4.78, 5) is 10.6. The summed E-state index contributed by atoms with van der Waals surface area (Å²) < 4.78 is 37.0. The van der Waals surface area contributed by atoms with E-state index in [4.69, 9.17) is 0 Å². The molecule has 0 spiro atoms. The molecule has 0 atom stereocenters. The minimum absolute atomic E-state index is 0.215. The molecule has 0 saturated carbocycles. The van der Waals surface area contributed by atoms with Crippen LogP contribution in [0.4, 0.5) is 18.9 Å². The fourth-order valence-corrected chi connectivity index (χ4v) is 1.03. The number of carbonyl (C=O) groups is 1. The molecule has 0 unspecified atom stereocenters. The van der Waals surface area contributed by atoms with E-state index in [1.165, 1.54) is 18.2 Å². The molecule has 0 aromatic heterocycles. The maximum Gasteiger partial charge on any atom is 0.418 e. The highest BCUT2D eigenvalue weighted by atomic mass is 19.4. The van der Waals surface area contributed by atoms with Crippen LogP contribution in [0, 0.1) is 0 Å². The van der Waals surface area contributed by atoms with Gasteiger partial charge >= 0.3 is 6.18 Å². The number of para-hydroxylation sites is 1. The first-order chi connectivity index (χ1) is 7.41. The lowest BCUT2D eigenvalue weighted by Gasteiger charge is -2.12. The molecule has 0 saturated heterocycles. The van der Waals surface area contributed by atoms with Gasteiger partial charge in [-0.25, -0.2) is 0 Å². The average Bonchev–Trinajstić information content (AvgIpc) is 2.19. The van der Waals surface area contributed by atoms with Gasteiger partial charge in [0.2, 0.25) is 5.91 Å². The SMILES string of the molecule is CC.CC(=O)Nc1ccccc1C(F)(F)F. The summed E-state index contributed by atoms with van der Waals surface area (Å²) >= 11 is 0. The van der Waals surface area contributed by atoms with Crippen molar-refractivity contribution in [3.63, 3.8) is 0 Å². The lowest BCUT2D eigenvalue weighted by atomic mass is 10.1. The van der Waals surface area contributed by atoms with Crippen molar-refractivity contribution >= 4 is 11.6 Å². The molecule has 1 rings (SSSR count). The van der Waals surface area contributed by atoms with E-state index in [9.17, 15) is 18.0 Å². The van der Waals surface area contributed by atoms with Crippen molar-refractivity contribution in [1.29, 1.82) is 0 Å². The topological polar surface area (TPSA) is 29.1 Å². The van der Waals surface area contributed by atoms with Gasteiger partial charge in [0.05, 0.1) is 11.3 Å². The Labute approximate surface area is 92.5 Å². The molecule has 1 amide bonds. The third-order valence-electron chi connectivity index (χ3n) is 1.54. The second-order valence-corrected chi connectivity index (χ2v) is 2.72. The molecule has 2 nitrogen and oxygen atoms in total. The summed E-state index contributed by atoms with van der Waals surface area (Å²) in [5, 5.41) is 2.12. The second-order valence-electron chi connectivity index (χ2n) is 2.72. The number of carbonyl (C=O) groups excluding carboxylic acids is 1. The van der Waals surface area contributed by atoms with Gasteiger partial charge in [-0.05, 0) is 12.1 Å². The number of rotatable bonds is 1. The van der Waals surface area contributed by atoms with Crippen LogP contribution in [-0.4, -0.2) is 5.91 Å². The monoisotopic (exact) mass is 233 g/mol. The molecule has 0 heterocycles. The first-order valence-electron chi connectivity index (χ1n) is 4.85. The number of benzene rings is 1. The number of anilines is 1. The van der Waals surface area contributed by atoms with Crippen LogP contribution in [0.3, 0.4) is 0 Å². The number of halogens is 3. The van der Waals surface area contributed by atoms with Crippen molar-refractivity contribution in [3.8, 4) is 0 Å². The summed E-state index contributed by atoms with van der Waals surface area (Å²) in [6.07, 6.45) is -4.45. The number of amides is 1. The van der Waals surface area contributed by atoms with Crippen LogP contribution in [-0.2, 0) is 11.0 Å². The van der Waals surface area contributed by atoms with Gasteiger partial charge in [0.15, 0.2) is 0 Å². The Morgan fingerprint density at radius 2 is 1.69 bits per heavy atom. The Morgan fingerprint density at radius 1 is 1.19 bits per heavy atom. The number of hydrogen-bond donors (Lipinski definition) is 1. The van der Waals surface area contributed by atoms with Crippen LogP contribution >= 0.6 is 0 Å². The fraction of sp³-hybridized carbons (Fsp3) is 0.364. The largest absolute Gasteiger partial charge is 0.418 e. The predicted molar refractivity (Wildman–Crippen MR) is 57.1 cm³/mol. The lowest BCUT2D eigenvalue weighted by molar-refractivity contribution is -0.137. The number of hydrogen-bond acceptors (Lipinski definition) is 1. The summed E-state index contributed by atoms with van der Waals surface area (Å²) in [6, 6.07) is 4.84. The van der Waals surface area contributed by atoms with Crippen LogP contribution in [0.15, 0.2) is 24.3 Å². The quantitative estimate of drug-likeness (QED) is 0.787. The zero-order valence-corrected chi connectivity index (χ0v) is 9.35. The van der Waals surface area contributed by atoms with Gasteiger partial charge in [0.1, 0.15) is 0 Å². The third kappa shape index (κ3) is 4.33. The molecule has 0 fully saturated rings. The van der Waals surface area contributed by atoms with E-state index < -0.39 is 17.6 Å². The second kappa shape index (κ2) is 6.15. The smallest absolute Gasteiger partial charge is 0.326 e. The molecular formula is C11H14F3NO. The van der Waals surface area contributed by atoms with Gasteiger partial charge in [-0.2, -0.15) is 13.2 Å². The summed E-state index contributed by atoms with van der Waals surface area (Å²) in [7, 11) is 0. The Hall–Kier alpha value is -1.52. The standard InChI is InChI=1S/C9H8F3NO.C2H6/c1-6(14)13-8-5-3-2-4-7(8)9(10,11)12;1-2/h2-5H,1H3,(H,13,14);1-2H3. The third-order valence-corrected chi connectivity index (χ3v) is 1.54. The van der Waals surface area contributed by atoms with Gasteiger partial charge in [0.25, 0.3) is 0 Å². The van der Waals surface area contributed by atoms with Crippen LogP contribution < -0.4 is 5.32 Å². The molecular weight excluding hydrogens is 219 g/mol. The maximum absolute atomic E-state index is 12.3. The van der Waals surface area contributed by atoms with Gasteiger partial charge in [0, 0.05) is 6.92 Å². The normalized spacial score (nSPS) is 10.1. The zero-order chi connectivity index (χ0) is 12.8. The van der Waals surface area contributed by atoms with Crippen LogP contribution in [0.25, 0.3) is 0 Å². The first-order valence-corrected chi connectivity index (χ1v) is 4.85. The van der Waals surface area contributed by atoms with Crippen molar-refractivity contribution in [3.05, 3.63) is 29.8 Å². The van der Waals surface area contributed by atoms with E-state index in [1.54, 1.807) is 0 Å². The van der Waals surface area contributed by atoms with Gasteiger partial charge in [-0.1, -0.05) is 26.0 Å². The zero-order valence-electron chi connectivity index (χ0n) is 9.35. The molecule has 1 aromatic rings. The number of nitrogens with one attached hydrogen (secondary N) is 1. The van der Waals surface area contributed by atoms with Gasteiger partial charge in [-0.15, -0.1) is 0 Å². The van der Waals surface area contributed by atoms with Crippen molar-refractivity contribution in [2.75, 3.05) is 5.32 Å². The highest BCUT2D eigenvalue weighted by Gasteiger charge is 2.33. The molecule has 0 radical (unpaired) electrons. The molecule has 16 heavy (non-hydrogen) atoms. The average molecular weight is 233 g/mol. The lowest BCUT2D eigenvalue weighted by Crippen LogP contribution is -2.13. The summed E-state index contributed by atoms with van der Waals surface area (Å²) in [5.74, 6) is -0.526. The Kier molecular flexibility index (Phi) is 5.56. The molecule has 1 aromatic carbocycles. The van der Waals surface area contributed by atoms with E-state index in [0.29, 0.717) is 0 Å². The Balaban J connectivity index is 0.00000106. The predicted octanol–water partition coefficient (Wildman–Crippen LogP) is 3.69. The van der Waals surface area contributed by atoms with Crippen molar-refractivity contribution in [2.24, 2.45) is 0 Å². The summed E-state index contributed by atoms with van der Waals surface area (Å²) in [6.45, 7) is 5.16. The maximum atomic E-state index is 12.3. The van der Waals surface area contributed by atoms with E-state index in [-0.39, 0.29) is 5.69 Å². The molecule has 90 valence electrons. The highest BCUT2D eigenvalue weighted by molar-refractivity contribution is 5.89. The van der Waals surface area contributed by atoms with Gasteiger partial charge < -0.3 is 5.32 Å². The molecule has 0 aliphatic rings. The van der Waals surface area contributed by atoms with E-state index in [2.05, 4.69) is 5.32 Å². The molecule has 0 aliphatic carbocycles. The molecule has 5 heteroatoms.